The summed E-state index contributed by atoms with van der Waals surface area (Å²) >= 11 is 1.52. The van der Waals surface area contributed by atoms with E-state index in [1.54, 1.807) is 5.51 Å². The van der Waals surface area contributed by atoms with Crippen molar-refractivity contribution < 1.29 is 51.7 Å². The van der Waals surface area contributed by atoms with Gasteiger partial charge in [-0.2, -0.15) is 13.8 Å². The Balaban J connectivity index is 0.804. The Morgan fingerprint density at radius 3 is 2.46 bits per heavy atom. The largest absolute Gasteiger partial charge is 0.495 e. The minimum absolute atomic E-state index is 0.0297. The monoisotopic (exact) mass is 1050 g/mol. The Kier molecular flexibility index (Phi) is 17.0. The lowest BCUT2D eigenvalue weighted by Crippen LogP contribution is -2.48. The SMILES string of the molecule is COc1cc(C(=O)NC2CCN(CCOCCOc3cc(-c4scnc4C)ccc3CNC(=O)[C@@H]3C[C@@H](O)CN3C(=O)CC(C)(C)C)CC2)c(F)cc1Nc1ncc2c(n1)N(C1CCCC1)CC(F)(F)C(=O)N2C. The maximum Gasteiger partial charge on any atom is 0.342 e. The Bertz CT molecular complexity index is 2670. The third-order valence-electron chi connectivity index (χ3n) is 14.0. The van der Waals surface area contributed by atoms with Crippen LogP contribution in [0.5, 0.6) is 11.5 Å². The Morgan fingerprint density at radius 1 is 1.00 bits per heavy atom. The van der Waals surface area contributed by atoms with Gasteiger partial charge in [-0.1, -0.05) is 45.7 Å². The number of anilines is 4. The molecule has 4 amide bonds. The molecule has 2 aromatic carbocycles. The summed E-state index contributed by atoms with van der Waals surface area (Å²) in [4.78, 5) is 73.0. The number of hydrogen-bond donors (Lipinski definition) is 4. The minimum atomic E-state index is -3.64. The molecular formula is C52H67F3N10O8S. The summed E-state index contributed by atoms with van der Waals surface area (Å²) in [6, 6.07) is 6.99. The summed E-state index contributed by atoms with van der Waals surface area (Å²) in [5.74, 6) is -6.06. The molecule has 2 saturated heterocycles. The van der Waals surface area contributed by atoms with Gasteiger partial charge in [-0.3, -0.25) is 19.2 Å². The fourth-order valence-electron chi connectivity index (χ4n) is 10.0. The van der Waals surface area contributed by atoms with Crippen LogP contribution in [0.1, 0.15) is 93.8 Å². The first kappa shape index (κ1) is 54.2. The van der Waals surface area contributed by atoms with Crippen molar-refractivity contribution in [1.29, 1.82) is 0 Å². The van der Waals surface area contributed by atoms with Crippen molar-refractivity contribution in [3.05, 3.63) is 64.7 Å². The number of amides is 4. The number of nitrogens with one attached hydrogen (secondary N) is 3. The first-order chi connectivity index (χ1) is 35.3. The Morgan fingerprint density at radius 2 is 1.76 bits per heavy atom. The molecule has 0 radical (unpaired) electrons. The van der Waals surface area contributed by atoms with Gasteiger partial charge in [0.15, 0.2) is 5.82 Å². The van der Waals surface area contributed by atoms with E-state index in [1.807, 2.05) is 45.9 Å². The second-order valence-electron chi connectivity index (χ2n) is 20.7. The number of piperidine rings is 1. The molecule has 4 N–H and O–H groups in total. The summed E-state index contributed by atoms with van der Waals surface area (Å²) in [7, 11) is 2.64. The van der Waals surface area contributed by atoms with E-state index >= 15 is 13.2 Å². The van der Waals surface area contributed by atoms with Gasteiger partial charge in [-0.25, -0.2) is 14.4 Å². The van der Waals surface area contributed by atoms with E-state index in [2.05, 4.69) is 35.8 Å². The number of carbonyl (C=O) groups excluding carboxylic acids is 4. The number of aliphatic hydroxyl groups excluding tert-OH is 1. The zero-order chi connectivity index (χ0) is 52.9. The van der Waals surface area contributed by atoms with Crippen molar-refractivity contribution in [3.8, 4) is 21.9 Å². The molecule has 74 heavy (non-hydrogen) atoms. The van der Waals surface area contributed by atoms with Crippen LogP contribution in [0.15, 0.2) is 42.0 Å². The number of aliphatic hydroxyl groups is 1. The van der Waals surface area contributed by atoms with Gasteiger partial charge < -0.3 is 54.9 Å². The van der Waals surface area contributed by atoms with E-state index in [9.17, 15) is 24.3 Å². The standard InChI is InChI=1S/C52H67F3N10O8S/c1-31-45(74-30-58-31)32-11-12-33(26-56-48(69)40-22-36(66)28-64(40)44(67)25-51(2,3)4)42(21-32)73-20-19-72-18-17-63-15-13-34(14-16-63)59-47(68)37-23-43(71-6)39(24-38(37)53)60-50-57-27-41-46(61-50)65(35-9-7-8-10-35)29-52(54,55)49(70)62(41)5/h11-12,21,23-24,27,30,34-36,40,66H,7-10,13-20,22,25-26,28-29H2,1-6H3,(H,56,69)(H,59,68)(H,57,60,61)/t36-,40+/m1/s1. The number of thiazole rings is 1. The first-order valence-electron chi connectivity index (χ1n) is 25.2. The normalized spacial score (nSPS) is 19.6. The predicted octanol–water partition coefficient (Wildman–Crippen LogP) is 6.46. The van der Waals surface area contributed by atoms with E-state index in [0.717, 1.165) is 45.5 Å². The Hall–Kier alpha value is -6.10. The highest BCUT2D eigenvalue weighted by molar-refractivity contribution is 7.13. The molecule has 400 valence electrons. The molecule has 5 heterocycles. The second kappa shape index (κ2) is 23.2. The zero-order valence-corrected chi connectivity index (χ0v) is 43.7. The van der Waals surface area contributed by atoms with Gasteiger partial charge in [0.1, 0.15) is 35.7 Å². The summed E-state index contributed by atoms with van der Waals surface area (Å²) in [5, 5.41) is 19.3. The van der Waals surface area contributed by atoms with Gasteiger partial charge in [0.2, 0.25) is 17.8 Å². The summed E-state index contributed by atoms with van der Waals surface area (Å²) in [5.41, 5.74) is 4.12. The average molecular weight is 1050 g/mol. The molecule has 18 nitrogen and oxygen atoms in total. The van der Waals surface area contributed by atoms with Gasteiger partial charge in [0, 0.05) is 76.3 Å². The quantitative estimate of drug-likeness (QED) is 0.0790. The number of halogens is 3. The number of alkyl halides is 2. The van der Waals surface area contributed by atoms with Crippen LogP contribution in [0, 0.1) is 18.2 Å². The summed E-state index contributed by atoms with van der Waals surface area (Å²) in [6.45, 7) is 10.3. The van der Waals surface area contributed by atoms with Crippen LogP contribution >= 0.6 is 11.3 Å². The molecule has 3 fully saturated rings. The number of rotatable bonds is 18. The number of benzene rings is 2. The molecule has 1 aliphatic carbocycles. The topological polar surface area (TPSA) is 204 Å². The van der Waals surface area contributed by atoms with Crippen LogP contribution in [-0.4, -0.2) is 150 Å². The van der Waals surface area contributed by atoms with Crippen molar-refractivity contribution in [2.24, 2.45) is 5.41 Å². The highest BCUT2D eigenvalue weighted by atomic mass is 32.1. The van der Waals surface area contributed by atoms with Crippen LogP contribution in [0.3, 0.4) is 0 Å². The van der Waals surface area contributed by atoms with Crippen LogP contribution < -0.4 is 35.2 Å². The van der Waals surface area contributed by atoms with Crippen molar-refractivity contribution in [3.63, 3.8) is 0 Å². The van der Waals surface area contributed by atoms with Crippen molar-refractivity contribution in [2.75, 3.05) is 81.8 Å². The third-order valence-corrected chi connectivity index (χ3v) is 15.0. The fourth-order valence-corrected chi connectivity index (χ4v) is 10.8. The molecule has 2 atom stereocenters. The minimum Gasteiger partial charge on any atom is -0.495 e. The molecule has 8 rings (SSSR count). The molecular weight excluding hydrogens is 982 g/mol. The smallest absolute Gasteiger partial charge is 0.342 e. The lowest BCUT2D eigenvalue weighted by Gasteiger charge is -2.32. The van der Waals surface area contributed by atoms with Gasteiger partial charge in [-0.15, -0.1) is 11.3 Å². The molecule has 3 aliphatic heterocycles. The van der Waals surface area contributed by atoms with Crippen LogP contribution in [0.25, 0.3) is 10.4 Å². The van der Waals surface area contributed by atoms with Gasteiger partial charge >= 0.3 is 5.92 Å². The number of aromatic nitrogens is 3. The van der Waals surface area contributed by atoms with Gasteiger partial charge in [0.25, 0.3) is 11.8 Å². The number of fused-ring (bicyclic) bond motifs is 1. The summed E-state index contributed by atoms with van der Waals surface area (Å²) < 4.78 is 63.7. The van der Waals surface area contributed by atoms with Crippen molar-refractivity contribution in [1.82, 2.24) is 35.4 Å². The molecule has 0 unspecified atom stereocenters. The first-order valence-corrected chi connectivity index (χ1v) is 26.1. The van der Waals surface area contributed by atoms with Crippen LogP contribution in [-0.2, 0) is 25.7 Å². The molecule has 2 aromatic heterocycles. The fraction of sp³-hybridized carbons (Fsp3) is 0.558. The van der Waals surface area contributed by atoms with Crippen LogP contribution in [0.2, 0.25) is 0 Å². The van der Waals surface area contributed by atoms with E-state index in [0.29, 0.717) is 64.3 Å². The van der Waals surface area contributed by atoms with Crippen LogP contribution in [0.4, 0.5) is 36.3 Å². The second-order valence-corrected chi connectivity index (χ2v) is 21.6. The average Bonchev–Trinajstić information content (AvgIpc) is 4.14. The van der Waals surface area contributed by atoms with Crippen molar-refractivity contribution in [2.45, 2.75) is 116 Å². The number of nitrogens with zero attached hydrogens (tertiary/aromatic N) is 7. The third kappa shape index (κ3) is 12.9. The number of carbonyl (C=O) groups is 4. The maximum absolute atomic E-state index is 15.7. The lowest BCUT2D eigenvalue weighted by atomic mass is 9.91. The molecule has 22 heteroatoms. The molecule has 0 spiro atoms. The maximum atomic E-state index is 15.7. The van der Waals surface area contributed by atoms with E-state index < -0.39 is 42.2 Å². The number of methoxy groups -OCH3 is 1. The lowest BCUT2D eigenvalue weighted by molar-refractivity contribution is -0.140. The number of likely N-dealkylation sites (tertiary alicyclic amines) is 2. The number of hydrogen-bond acceptors (Lipinski definition) is 15. The molecule has 1 saturated carbocycles. The van der Waals surface area contributed by atoms with Gasteiger partial charge in [-0.05, 0) is 55.7 Å². The van der Waals surface area contributed by atoms with Gasteiger partial charge in [0.05, 0.1) is 66.5 Å². The van der Waals surface area contributed by atoms with E-state index in [-0.39, 0.29) is 96.3 Å². The molecule has 0 bridgehead atoms. The Labute approximate surface area is 433 Å². The van der Waals surface area contributed by atoms with E-state index in [1.165, 1.54) is 47.6 Å². The molecule has 4 aliphatic rings. The number of aryl methyl sites for hydroxylation is 1. The molecule has 4 aromatic rings. The zero-order valence-electron chi connectivity index (χ0n) is 42.8. The number of β-amino-alcohol motifs (C(OH)–C–C–N with tert-alkyl or cyclic N) is 1. The van der Waals surface area contributed by atoms with E-state index in [4.69, 9.17) is 14.2 Å². The van der Waals surface area contributed by atoms with Crippen molar-refractivity contribution >= 4 is 58.1 Å². The predicted molar refractivity (Wildman–Crippen MR) is 274 cm³/mol. The highest BCUT2D eigenvalue weighted by Crippen LogP contribution is 2.41. The number of ether oxygens (including phenoxy) is 3. The highest BCUT2D eigenvalue weighted by Gasteiger charge is 2.49. The summed E-state index contributed by atoms with van der Waals surface area (Å²) in [6.07, 6.45) is 5.31.